The Kier molecular flexibility index (Phi) is 5.90. The van der Waals surface area contributed by atoms with Gasteiger partial charge in [0.1, 0.15) is 10.7 Å². The molecule has 0 radical (unpaired) electrons. The molecule has 0 aliphatic rings. The lowest BCUT2D eigenvalue weighted by molar-refractivity contribution is -0.128. The van der Waals surface area contributed by atoms with E-state index in [4.69, 9.17) is 9.72 Å². The van der Waals surface area contributed by atoms with Crippen LogP contribution in [0.2, 0.25) is 0 Å². The van der Waals surface area contributed by atoms with E-state index < -0.39 is 0 Å². The Bertz CT molecular complexity index is 831. The van der Waals surface area contributed by atoms with Crippen molar-refractivity contribution in [2.24, 2.45) is 0 Å². The van der Waals surface area contributed by atoms with Crippen LogP contribution in [0.15, 0.2) is 48.7 Å². The molecule has 0 saturated heterocycles. The highest BCUT2D eigenvalue weighted by atomic mass is 32.1. The third-order valence-corrected chi connectivity index (χ3v) is 5.10. The highest BCUT2D eigenvalue weighted by Crippen LogP contribution is 2.30. The van der Waals surface area contributed by atoms with Crippen molar-refractivity contribution in [3.05, 3.63) is 70.4 Å². The molecule has 0 amide bonds. The van der Waals surface area contributed by atoms with Crippen LogP contribution in [-0.2, 0) is 22.4 Å². The zero-order valence-corrected chi connectivity index (χ0v) is 15.0. The largest absolute Gasteiger partial charge is 0.468 e. The number of nitrogens with zero attached hydrogens (tertiary/aromatic N) is 2. The zero-order chi connectivity index (χ0) is 17.5. The van der Waals surface area contributed by atoms with E-state index >= 15 is 0 Å². The van der Waals surface area contributed by atoms with Crippen molar-refractivity contribution in [3.8, 4) is 10.7 Å². The van der Waals surface area contributed by atoms with Crippen molar-refractivity contribution in [3.63, 3.8) is 0 Å². The minimum atomic E-state index is 0.435. The lowest BCUT2D eigenvalue weighted by Crippen LogP contribution is -1.97. The van der Waals surface area contributed by atoms with Gasteiger partial charge in [0.15, 0.2) is 0 Å². The fraction of sp³-hybridized carbons (Fsp3) is 0.250. The van der Waals surface area contributed by atoms with Crippen molar-refractivity contribution in [1.82, 2.24) is 9.97 Å². The van der Waals surface area contributed by atoms with Crippen LogP contribution in [0.5, 0.6) is 0 Å². The fourth-order valence-corrected chi connectivity index (χ4v) is 3.86. The summed E-state index contributed by atoms with van der Waals surface area (Å²) in [5, 5.41) is 0.954. The van der Waals surface area contributed by atoms with Gasteiger partial charge >= 0.3 is 0 Å². The molecule has 0 aliphatic carbocycles. The Labute approximate surface area is 151 Å². The lowest BCUT2D eigenvalue weighted by Gasteiger charge is -2.02. The summed E-state index contributed by atoms with van der Waals surface area (Å²) in [6.45, 7) is 2.99. The molecule has 3 aromatic rings. The summed E-state index contributed by atoms with van der Waals surface area (Å²) in [5.74, 6) is 0. The van der Waals surface area contributed by atoms with Crippen molar-refractivity contribution in [2.45, 2.75) is 26.2 Å². The standard InChI is InChI=1S/C20H20N2O2S/c1-15-7-5-11-21-19(15)20-22-17(13-16-8-3-2-4-9-16)18(25-20)10-6-12-24-14-23/h2-5,7-9,11,14H,6,10,12-13H2,1H3. The minimum Gasteiger partial charge on any atom is -0.468 e. The summed E-state index contributed by atoms with van der Waals surface area (Å²) in [4.78, 5) is 20.9. The first-order chi connectivity index (χ1) is 12.3. The molecule has 0 atom stereocenters. The second-order valence-corrected chi connectivity index (χ2v) is 6.87. The van der Waals surface area contributed by atoms with Gasteiger partial charge in [-0.15, -0.1) is 11.3 Å². The fourth-order valence-electron chi connectivity index (χ4n) is 2.68. The smallest absolute Gasteiger partial charge is 0.293 e. The van der Waals surface area contributed by atoms with Crippen LogP contribution < -0.4 is 0 Å². The van der Waals surface area contributed by atoms with Crippen LogP contribution in [0, 0.1) is 6.92 Å². The quantitative estimate of drug-likeness (QED) is 0.450. The molecule has 3 rings (SSSR count). The second kappa shape index (κ2) is 8.53. The Hall–Kier alpha value is -2.53. The van der Waals surface area contributed by atoms with E-state index in [0.717, 1.165) is 41.2 Å². The maximum atomic E-state index is 10.3. The first-order valence-corrected chi connectivity index (χ1v) is 9.09. The van der Waals surface area contributed by atoms with Gasteiger partial charge in [-0.3, -0.25) is 9.78 Å². The van der Waals surface area contributed by atoms with E-state index in [9.17, 15) is 4.79 Å². The van der Waals surface area contributed by atoms with Crippen LogP contribution in [0.25, 0.3) is 10.7 Å². The van der Waals surface area contributed by atoms with Gasteiger partial charge in [0.25, 0.3) is 6.47 Å². The molecule has 25 heavy (non-hydrogen) atoms. The highest BCUT2D eigenvalue weighted by Gasteiger charge is 2.15. The van der Waals surface area contributed by atoms with Gasteiger partial charge in [0.05, 0.1) is 12.3 Å². The molecule has 4 nitrogen and oxygen atoms in total. The predicted molar refractivity (Wildman–Crippen MR) is 99.7 cm³/mol. The van der Waals surface area contributed by atoms with E-state index in [2.05, 4.69) is 30.1 Å². The number of ether oxygens (including phenoxy) is 1. The number of pyridine rings is 1. The minimum absolute atomic E-state index is 0.435. The third-order valence-electron chi connectivity index (χ3n) is 3.94. The molecular weight excluding hydrogens is 332 g/mol. The molecule has 0 bridgehead atoms. The molecule has 0 N–H and O–H groups in total. The topological polar surface area (TPSA) is 52.1 Å². The molecule has 0 spiro atoms. The average Bonchev–Trinajstić information content (AvgIpc) is 3.02. The number of aryl methyl sites for hydroxylation is 2. The molecule has 0 unspecified atom stereocenters. The van der Waals surface area contributed by atoms with Crippen LogP contribution in [0.3, 0.4) is 0 Å². The number of thiazole rings is 1. The normalized spacial score (nSPS) is 10.6. The van der Waals surface area contributed by atoms with E-state index in [1.807, 2.05) is 24.3 Å². The number of hydrogen-bond donors (Lipinski definition) is 0. The molecule has 128 valence electrons. The van der Waals surface area contributed by atoms with E-state index in [1.54, 1.807) is 17.5 Å². The number of hydrogen-bond acceptors (Lipinski definition) is 5. The van der Waals surface area contributed by atoms with Crippen LogP contribution in [0.1, 0.15) is 28.1 Å². The predicted octanol–water partition coefficient (Wildman–Crippen LogP) is 4.21. The molecule has 1 aromatic carbocycles. The summed E-state index contributed by atoms with van der Waals surface area (Å²) >= 11 is 1.69. The number of benzene rings is 1. The summed E-state index contributed by atoms with van der Waals surface area (Å²) in [5.41, 5.74) is 4.39. The number of carbonyl (C=O) groups excluding carboxylic acids is 1. The summed E-state index contributed by atoms with van der Waals surface area (Å²) in [7, 11) is 0. The maximum absolute atomic E-state index is 10.3. The van der Waals surface area contributed by atoms with Gasteiger partial charge < -0.3 is 4.74 Å². The van der Waals surface area contributed by atoms with Crippen molar-refractivity contribution >= 4 is 17.8 Å². The first-order valence-electron chi connectivity index (χ1n) is 8.27. The zero-order valence-electron chi connectivity index (χ0n) is 14.1. The Balaban J connectivity index is 1.88. The molecular formula is C20H20N2O2S. The summed E-state index contributed by atoms with van der Waals surface area (Å²) < 4.78 is 4.82. The van der Waals surface area contributed by atoms with Crippen LogP contribution in [0.4, 0.5) is 0 Å². The van der Waals surface area contributed by atoms with Gasteiger partial charge in [0, 0.05) is 17.5 Å². The SMILES string of the molecule is Cc1cccnc1-c1nc(Cc2ccccc2)c(CCCOC=O)s1. The first kappa shape index (κ1) is 17.3. The summed E-state index contributed by atoms with van der Waals surface area (Å²) in [6, 6.07) is 14.3. The molecule has 5 heteroatoms. The summed E-state index contributed by atoms with van der Waals surface area (Å²) in [6.07, 6.45) is 4.24. The second-order valence-electron chi connectivity index (χ2n) is 5.79. The van der Waals surface area contributed by atoms with Gasteiger partial charge in [-0.2, -0.15) is 0 Å². The Morgan fingerprint density at radius 2 is 2.00 bits per heavy atom. The maximum Gasteiger partial charge on any atom is 0.293 e. The van der Waals surface area contributed by atoms with Gasteiger partial charge in [-0.05, 0) is 37.0 Å². The van der Waals surface area contributed by atoms with E-state index in [-0.39, 0.29) is 0 Å². The molecule has 2 heterocycles. The molecule has 0 aliphatic heterocycles. The molecule has 0 saturated carbocycles. The van der Waals surface area contributed by atoms with Crippen LogP contribution >= 0.6 is 11.3 Å². The number of aromatic nitrogens is 2. The monoisotopic (exact) mass is 352 g/mol. The van der Waals surface area contributed by atoms with E-state index in [1.165, 1.54) is 10.4 Å². The number of carbonyl (C=O) groups is 1. The van der Waals surface area contributed by atoms with Crippen molar-refractivity contribution in [1.29, 1.82) is 0 Å². The lowest BCUT2D eigenvalue weighted by atomic mass is 10.1. The highest BCUT2D eigenvalue weighted by molar-refractivity contribution is 7.15. The van der Waals surface area contributed by atoms with Crippen molar-refractivity contribution in [2.75, 3.05) is 6.61 Å². The molecule has 2 aromatic heterocycles. The molecule has 0 fully saturated rings. The third kappa shape index (κ3) is 4.51. The van der Waals surface area contributed by atoms with Gasteiger partial charge in [0.2, 0.25) is 0 Å². The van der Waals surface area contributed by atoms with Gasteiger partial charge in [-0.25, -0.2) is 4.98 Å². The van der Waals surface area contributed by atoms with Gasteiger partial charge in [-0.1, -0.05) is 36.4 Å². The Morgan fingerprint density at radius 1 is 1.16 bits per heavy atom. The van der Waals surface area contributed by atoms with E-state index in [0.29, 0.717) is 13.1 Å². The number of rotatable bonds is 8. The van der Waals surface area contributed by atoms with Crippen molar-refractivity contribution < 1.29 is 9.53 Å². The average molecular weight is 352 g/mol. The Morgan fingerprint density at radius 3 is 2.76 bits per heavy atom. The van der Waals surface area contributed by atoms with Crippen LogP contribution in [-0.4, -0.2) is 23.0 Å².